The summed E-state index contributed by atoms with van der Waals surface area (Å²) < 4.78 is 1.06. The lowest BCUT2D eigenvalue weighted by Crippen LogP contribution is -2.18. The maximum atomic E-state index is 11.0. The van der Waals surface area contributed by atoms with Crippen LogP contribution >= 0.6 is 15.9 Å². The zero-order valence-corrected chi connectivity index (χ0v) is 15.6. The summed E-state index contributed by atoms with van der Waals surface area (Å²) in [6.07, 6.45) is 1.69. The Balaban J connectivity index is 1.75. The fourth-order valence-electron chi connectivity index (χ4n) is 3.23. The van der Waals surface area contributed by atoms with Gasteiger partial charge < -0.3 is 0 Å². The summed E-state index contributed by atoms with van der Waals surface area (Å²) in [6.45, 7) is 0. The Bertz CT molecular complexity index is 951. The first-order valence-corrected chi connectivity index (χ1v) is 9.27. The molecule has 0 amide bonds. The molecule has 3 aromatic rings. The maximum absolute atomic E-state index is 11.0. The molecule has 3 nitrogen and oxygen atoms in total. The molecular weight excluding hydrogens is 388 g/mol. The van der Waals surface area contributed by atoms with Gasteiger partial charge in [-0.2, -0.15) is 5.10 Å². The van der Waals surface area contributed by atoms with Crippen LogP contribution in [0.1, 0.15) is 33.9 Å². The van der Waals surface area contributed by atoms with Crippen LogP contribution in [0.25, 0.3) is 0 Å². The highest BCUT2D eigenvalue weighted by Crippen LogP contribution is 2.37. The number of halogens is 1. The number of hydrogen-bond acceptors (Lipinski definition) is 3. The molecule has 4 rings (SSSR count). The van der Waals surface area contributed by atoms with Crippen LogP contribution in [0, 0.1) is 0 Å². The molecule has 1 aliphatic rings. The quantitative estimate of drug-likeness (QED) is 0.528. The van der Waals surface area contributed by atoms with Crippen molar-refractivity contribution in [1.82, 2.24) is 0 Å². The molecule has 128 valence electrons. The molecule has 0 saturated heterocycles. The lowest BCUT2D eigenvalue weighted by atomic mass is 9.98. The summed E-state index contributed by atoms with van der Waals surface area (Å²) >= 11 is 3.57. The van der Waals surface area contributed by atoms with Crippen molar-refractivity contribution in [2.75, 3.05) is 5.01 Å². The van der Waals surface area contributed by atoms with E-state index in [9.17, 15) is 4.79 Å². The van der Waals surface area contributed by atoms with E-state index in [-0.39, 0.29) is 6.04 Å². The van der Waals surface area contributed by atoms with Gasteiger partial charge in [-0.25, -0.2) is 0 Å². The van der Waals surface area contributed by atoms with Crippen LogP contribution in [0.5, 0.6) is 0 Å². The standard InChI is InChI=1S/C22H17BrN2O/c23-19-8-4-7-18(13-19)22-14-21(17-5-2-1-3-6-17)24-25(22)20-11-9-16(15-26)10-12-20/h1-13,15,22H,14H2/t22-/m1/s1. The van der Waals surface area contributed by atoms with E-state index in [1.165, 1.54) is 5.56 Å². The van der Waals surface area contributed by atoms with Gasteiger partial charge in [0.05, 0.1) is 17.4 Å². The fourth-order valence-corrected chi connectivity index (χ4v) is 3.65. The lowest BCUT2D eigenvalue weighted by molar-refractivity contribution is 0.112. The van der Waals surface area contributed by atoms with Crippen molar-refractivity contribution in [1.29, 1.82) is 0 Å². The minimum Gasteiger partial charge on any atom is -0.298 e. The van der Waals surface area contributed by atoms with E-state index in [4.69, 9.17) is 5.10 Å². The van der Waals surface area contributed by atoms with E-state index in [0.29, 0.717) is 5.56 Å². The van der Waals surface area contributed by atoms with E-state index in [0.717, 1.165) is 34.1 Å². The third-order valence-corrected chi connectivity index (χ3v) is 5.04. The third-order valence-electron chi connectivity index (χ3n) is 4.54. The van der Waals surface area contributed by atoms with Crippen LogP contribution < -0.4 is 5.01 Å². The molecule has 0 fully saturated rings. The number of carbonyl (C=O) groups is 1. The van der Waals surface area contributed by atoms with Crippen LogP contribution in [-0.2, 0) is 0 Å². The number of aldehydes is 1. The molecule has 1 atom stereocenters. The zero-order valence-electron chi connectivity index (χ0n) is 14.0. The van der Waals surface area contributed by atoms with Gasteiger partial charge in [-0.3, -0.25) is 9.80 Å². The molecule has 0 saturated carbocycles. The maximum Gasteiger partial charge on any atom is 0.150 e. The second-order valence-electron chi connectivity index (χ2n) is 6.24. The summed E-state index contributed by atoms with van der Waals surface area (Å²) in [5.74, 6) is 0. The molecule has 4 heteroatoms. The van der Waals surface area contributed by atoms with Crippen molar-refractivity contribution in [3.63, 3.8) is 0 Å². The summed E-state index contributed by atoms with van der Waals surface area (Å²) in [6, 6.07) is 26.3. The Labute approximate surface area is 161 Å². The summed E-state index contributed by atoms with van der Waals surface area (Å²) in [4.78, 5) is 11.0. The first-order valence-electron chi connectivity index (χ1n) is 8.47. The van der Waals surface area contributed by atoms with Crippen LogP contribution in [0.15, 0.2) is 88.4 Å². The number of carbonyl (C=O) groups excluding carboxylic acids is 1. The molecule has 0 aliphatic carbocycles. The smallest absolute Gasteiger partial charge is 0.150 e. The van der Waals surface area contributed by atoms with Gasteiger partial charge in [0.2, 0.25) is 0 Å². The van der Waals surface area contributed by atoms with Crippen molar-refractivity contribution >= 4 is 33.6 Å². The minimum atomic E-state index is 0.116. The predicted octanol–water partition coefficient (Wildman–Crippen LogP) is 5.62. The number of hydrogen-bond donors (Lipinski definition) is 0. The van der Waals surface area contributed by atoms with E-state index in [1.54, 1.807) is 0 Å². The van der Waals surface area contributed by atoms with Crippen molar-refractivity contribution in [3.8, 4) is 0 Å². The molecule has 0 unspecified atom stereocenters. The average Bonchev–Trinajstić information content (AvgIpc) is 3.14. The molecule has 1 aliphatic heterocycles. The van der Waals surface area contributed by atoms with Crippen molar-refractivity contribution in [2.24, 2.45) is 5.10 Å². The largest absolute Gasteiger partial charge is 0.298 e. The number of benzene rings is 3. The van der Waals surface area contributed by atoms with Gasteiger partial charge in [0, 0.05) is 16.5 Å². The van der Waals surface area contributed by atoms with E-state index >= 15 is 0 Å². The van der Waals surface area contributed by atoms with Crippen molar-refractivity contribution in [3.05, 3.63) is 100 Å². The number of anilines is 1. The fraction of sp³-hybridized carbons (Fsp3) is 0.0909. The monoisotopic (exact) mass is 404 g/mol. The minimum absolute atomic E-state index is 0.116. The van der Waals surface area contributed by atoms with E-state index in [2.05, 4.69) is 45.2 Å². The Morgan fingerprint density at radius 1 is 0.962 bits per heavy atom. The molecule has 0 radical (unpaired) electrons. The van der Waals surface area contributed by atoms with Crippen LogP contribution in [0.4, 0.5) is 5.69 Å². The predicted molar refractivity (Wildman–Crippen MR) is 109 cm³/mol. The van der Waals surface area contributed by atoms with Gasteiger partial charge in [0.1, 0.15) is 6.29 Å². The summed E-state index contributed by atoms with van der Waals surface area (Å²) in [7, 11) is 0. The molecular formula is C22H17BrN2O. The van der Waals surface area contributed by atoms with Crippen molar-refractivity contribution < 1.29 is 4.79 Å². The van der Waals surface area contributed by atoms with Gasteiger partial charge in [-0.1, -0.05) is 58.4 Å². The molecule has 0 N–H and O–H groups in total. The van der Waals surface area contributed by atoms with Gasteiger partial charge in [0.25, 0.3) is 0 Å². The van der Waals surface area contributed by atoms with E-state index in [1.807, 2.05) is 54.6 Å². The number of nitrogens with zero attached hydrogens (tertiary/aromatic N) is 2. The number of hydrazone groups is 1. The zero-order chi connectivity index (χ0) is 17.9. The highest BCUT2D eigenvalue weighted by atomic mass is 79.9. The van der Waals surface area contributed by atoms with Crippen LogP contribution in [-0.4, -0.2) is 12.0 Å². The first-order chi connectivity index (χ1) is 12.7. The molecule has 1 heterocycles. The van der Waals surface area contributed by atoms with Crippen LogP contribution in [0.2, 0.25) is 0 Å². The van der Waals surface area contributed by atoms with Gasteiger partial charge in [0.15, 0.2) is 0 Å². The molecule has 0 aromatic heterocycles. The van der Waals surface area contributed by atoms with Crippen LogP contribution in [0.3, 0.4) is 0 Å². The Morgan fingerprint density at radius 3 is 2.42 bits per heavy atom. The Hall–Kier alpha value is -2.72. The van der Waals surface area contributed by atoms with Crippen molar-refractivity contribution in [2.45, 2.75) is 12.5 Å². The van der Waals surface area contributed by atoms with Gasteiger partial charge in [-0.05, 0) is 47.5 Å². The summed E-state index contributed by atoms with van der Waals surface area (Å²) in [5.41, 5.74) is 5.05. The lowest BCUT2D eigenvalue weighted by Gasteiger charge is -2.24. The Kier molecular flexibility index (Phi) is 4.67. The highest BCUT2D eigenvalue weighted by molar-refractivity contribution is 9.10. The average molecular weight is 405 g/mol. The normalized spacial score (nSPS) is 16.4. The first kappa shape index (κ1) is 16.7. The second kappa shape index (κ2) is 7.26. The van der Waals surface area contributed by atoms with E-state index < -0.39 is 0 Å². The Morgan fingerprint density at radius 2 is 1.73 bits per heavy atom. The van der Waals surface area contributed by atoms with Gasteiger partial charge in [-0.15, -0.1) is 0 Å². The second-order valence-corrected chi connectivity index (χ2v) is 7.16. The molecule has 0 spiro atoms. The molecule has 0 bridgehead atoms. The highest BCUT2D eigenvalue weighted by Gasteiger charge is 2.29. The summed E-state index contributed by atoms with van der Waals surface area (Å²) in [5, 5.41) is 6.97. The molecule has 26 heavy (non-hydrogen) atoms. The molecule has 3 aromatic carbocycles. The topological polar surface area (TPSA) is 32.7 Å². The SMILES string of the molecule is O=Cc1ccc(N2N=C(c3ccccc3)C[C@@H]2c2cccc(Br)c2)cc1. The third kappa shape index (κ3) is 3.33. The van der Waals surface area contributed by atoms with Gasteiger partial charge >= 0.3 is 0 Å². The number of rotatable bonds is 4.